The molecule has 2 amide bonds. The van der Waals surface area contributed by atoms with Crippen LogP contribution in [0, 0.1) is 13.8 Å². The number of carbonyl (C=O) groups excluding carboxylic acids is 2. The first kappa shape index (κ1) is 26.6. The summed E-state index contributed by atoms with van der Waals surface area (Å²) in [5.41, 5.74) is 3.97. The van der Waals surface area contributed by atoms with Gasteiger partial charge in [-0.15, -0.1) is 11.8 Å². The van der Waals surface area contributed by atoms with Crippen LogP contribution in [-0.4, -0.2) is 34.0 Å². The smallest absolute Gasteiger partial charge is 0.243 e. The highest BCUT2D eigenvalue weighted by Crippen LogP contribution is 2.22. The minimum absolute atomic E-state index is 0.0545. The number of aryl methyl sites for hydroxylation is 2. The van der Waals surface area contributed by atoms with Crippen LogP contribution in [0.15, 0.2) is 83.8 Å². The van der Waals surface area contributed by atoms with Gasteiger partial charge in [-0.25, -0.2) is 0 Å². The van der Waals surface area contributed by atoms with Crippen LogP contribution >= 0.6 is 11.8 Å². The molecule has 4 nitrogen and oxygen atoms in total. The summed E-state index contributed by atoms with van der Waals surface area (Å²) in [5, 5.41) is 3.11. The van der Waals surface area contributed by atoms with Crippen molar-refractivity contribution in [2.75, 3.05) is 5.75 Å². The van der Waals surface area contributed by atoms with Gasteiger partial charge in [-0.3, -0.25) is 9.59 Å². The van der Waals surface area contributed by atoms with Gasteiger partial charge in [-0.05, 0) is 57.9 Å². The maximum atomic E-state index is 13.7. The van der Waals surface area contributed by atoms with Crippen LogP contribution in [0.3, 0.4) is 0 Å². The van der Waals surface area contributed by atoms with Crippen molar-refractivity contribution >= 4 is 23.6 Å². The predicted octanol–water partition coefficient (Wildman–Crippen LogP) is 5.95. The molecule has 0 aliphatic rings. The van der Waals surface area contributed by atoms with E-state index in [9.17, 15) is 9.59 Å². The molecular weight excluding hydrogens is 452 g/mol. The third-order valence-electron chi connectivity index (χ3n) is 5.63. The Morgan fingerprint density at radius 1 is 0.829 bits per heavy atom. The molecule has 1 unspecified atom stereocenters. The first-order valence-corrected chi connectivity index (χ1v) is 13.0. The predicted molar refractivity (Wildman–Crippen MR) is 145 cm³/mol. The summed E-state index contributed by atoms with van der Waals surface area (Å²) in [7, 11) is 0. The fraction of sp³-hybridized carbons (Fsp3) is 0.333. The minimum Gasteiger partial charge on any atom is -0.350 e. The second-order valence-electron chi connectivity index (χ2n) is 10.1. The molecule has 0 aliphatic carbocycles. The Hall–Kier alpha value is -3.05. The highest BCUT2D eigenvalue weighted by Gasteiger charge is 2.32. The summed E-state index contributed by atoms with van der Waals surface area (Å²) >= 11 is 1.50. The van der Waals surface area contributed by atoms with Crippen LogP contribution in [0.25, 0.3) is 0 Å². The topological polar surface area (TPSA) is 49.4 Å². The summed E-state index contributed by atoms with van der Waals surface area (Å²) < 4.78 is 0. The van der Waals surface area contributed by atoms with Crippen LogP contribution < -0.4 is 5.32 Å². The lowest BCUT2D eigenvalue weighted by molar-refractivity contribution is -0.140. The van der Waals surface area contributed by atoms with Crippen molar-refractivity contribution in [1.29, 1.82) is 0 Å². The van der Waals surface area contributed by atoms with Gasteiger partial charge in [-0.2, -0.15) is 0 Å². The normalized spacial score (nSPS) is 12.1. The molecular formula is C30H36N2O2S. The van der Waals surface area contributed by atoms with E-state index in [1.165, 1.54) is 17.3 Å². The fourth-order valence-electron chi connectivity index (χ4n) is 3.76. The largest absolute Gasteiger partial charge is 0.350 e. The Bertz CT molecular complexity index is 1100. The lowest BCUT2D eigenvalue weighted by Crippen LogP contribution is -2.54. The van der Waals surface area contributed by atoms with E-state index in [0.29, 0.717) is 13.0 Å². The van der Waals surface area contributed by atoms with Crippen LogP contribution in [0.1, 0.15) is 43.0 Å². The van der Waals surface area contributed by atoms with E-state index in [2.05, 4.69) is 5.32 Å². The van der Waals surface area contributed by atoms with Gasteiger partial charge in [0.05, 0.1) is 5.75 Å². The third kappa shape index (κ3) is 8.59. The molecule has 0 aliphatic heterocycles. The van der Waals surface area contributed by atoms with E-state index < -0.39 is 11.6 Å². The molecule has 0 heterocycles. The Kier molecular flexibility index (Phi) is 9.16. The first-order valence-electron chi connectivity index (χ1n) is 12.0. The molecule has 0 aromatic heterocycles. The number of hydrogen-bond acceptors (Lipinski definition) is 3. The number of rotatable bonds is 9. The second-order valence-corrected chi connectivity index (χ2v) is 11.1. The Labute approximate surface area is 214 Å². The van der Waals surface area contributed by atoms with Crippen molar-refractivity contribution in [1.82, 2.24) is 10.2 Å². The number of thioether (sulfide) groups is 1. The van der Waals surface area contributed by atoms with E-state index in [-0.39, 0.29) is 17.6 Å². The van der Waals surface area contributed by atoms with Crippen molar-refractivity contribution < 1.29 is 9.59 Å². The number of amides is 2. The number of carbonyl (C=O) groups is 2. The molecule has 0 saturated carbocycles. The monoisotopic (exact) mass is 488 g/mol. The van der Waals surface area contributed by atoms with Gasteiger partial charge in [0.2, 0.25) is 11.8 Å². The molecule has 1 atom stereocenters. The first-order chi connectivity index (χ1) is 16.6. The summed E-state index contributed by atoms with van der Waals surface area (Å²) in [6.45, 7) is 10.4. The minimum atomic E-state index is -0.621. The average Bonchev–Trinajstić information content (AvgIpc) is 2.81. The number of benzene rings is 3. The molecule has 35 heavy (non-hydrogen) atoms. The Morgan fingerprint density at radius 3 is 1.97 bits per heavy atom. The molecule has 0 saturated heterocycles. The summed E-state index contributed by atoms with van der Waals surface area (Å²) in [6.07, 6.45) is 0.454. The number of hydrogen-bond donors (Lipinski definition) is 1. The summed E-state index contributed by atoms with van der Waals surface area (Å²) in [4.78, 5) is 30.0. The molecule has 5 heteroatoms. The fourth-order valence-corrected chi connectivity index (χ4v) is 4.54. The molecule has 0 spiro atoms. The highest BCUT2D eigenvalue weighted by molar-refractivity contribution is 8.00. The Morgan fingerprint density at radius 2 is 1.40 bits per heavy atom. The van der Waals surface area contributed by atoms with Crippen molar-refractivity contribution in [3.63, 3.8) is 0 Å². The van der Waals surface area contributed by atoms with Crippen molar-refractivity contribution in [3.05, 3.63) is 101 Å². The zero-order valence-electron chi connectivity index (χ0n) is 21.4. The van der Waals surface area contributed by atoms with Gasteiger partial charge in [0.25, 0.3) is 0 Å². The van der Waals surface area contributed by atoms with Gasteiger partial charge < -0.3 is 10.2 Å². The molecule has 3 aromatic carbocycles. The second kappa shape index (κ2) is 12.1. The summed E-state index contributed by atoms with van der Waals surface area (Å²) in [6, 6.07) is 25.6. The maximum Gasteiger partial charge on any atom is 0.243 e. The van der Waals surface area contributed by atoms with Gasteiger partial charge in [0.1, 0.15) is 6.04 Å². The molecule has 184 valence electrons. The molecule has 0 fully saturated rings. The molecule has 3 rings (SSSR count). The zero-order valence-corrected chi connectivity index (χ0v) is 22.2. The van der Waals surface area contributed by atoms with E-state index in [1.807, 2.05) is 113 Å². The molecule has 3 aromatic rings. The zero-order chi connectivity index (χ0) is 25.4. The van der Waals surface area contributed by atoms with E-state index in [4.69, 9.17) is 0 Å². The van der Waals surface area contributed by atoms with Gasteiger partial charge >= 0.3 is 0 Å². The Balaban J connectivity index is 1.91. The maximum absolute atomic E-state index is 13.7. The molecule has 1 N–H and O–H groups in total. The number of nitrogens with one attached hydrogen (secondary N) is 1. The van der Waals surface area contributed by atoms with Crippen molar-refractivity contribution in [2.24, 2.45) is 0 Å². The van der Waals surface area contributed by atoms with E-state index in [1.54, 1.807) is 4.90 Å². The van der Waals surface area contributed by atoms with Gasteiger partial charge in [0.15, 0.2) is 0 Å². The van der Waals surface area contributed by atoms with Crippen molar-refractivity contribution in [3.8, 4) is 0 Å². The number of nitrogens with zero attached hydrogens (tertiary/aromatic N) is 1. The quantitative estimate of drug-likeness (QED) is 0.379. The van der Waals surface area contributed by atoms with E-state index >= 15 is 0 Å². The van der Waals surface area contributed by atoms with Crippen LogP contribution in [0.5, 0.6) is 0 Å². The van der Waals surface area contributed by atoms with E-state index in [0.717, 1.165) is 21.6 Å². The lowest BCUT2D eigenvalue weighted by Gasteiger charge is -2.34. The average molecular weight is 489 g/mol. The molecule has 0 bridgehead atoms. The van der Waals surface area contributed by atoms with Crippen LogP contribution in [-0.2, 0) is 22.6 Å². The molecule has 0 radical (unpaired) electrons. The lowest BCUT2D eigenvalue weighted by atomic mass is 10.0. The third-order valence-corrected chi connectivity index (χ3v) is 6.62. The SMILES string of the molecule is Cc1ccc(CN(C(=O)CSc2ccc(C)cc2)C(Cc2ccccc2)C(=O)NC(C)(C)C)cc1. The van der Waals surface area contributed by atoms with Crippen LogP contribution in [0.2, 0.25) is 0 Å². The van der Waals surface area contributed by atoms with Crippen molar-refractivity contribution in [2.45, 2.75) is 64.1 Å². The van der Waals surface area contributed by atoms with Crippen LogP contribution in [0.4, 0.5) is 0 Å². The standard InChI is InChI=1S/C30H36N2O2S/c1-22-11-15-25(16-12-22)20-32(28(33)21-35-26-17-13-23(2)14-18-26)27(29(34)31-30(3,4)5)19-24-9-7-6-8-10-24/h6-18,27H,19-21H2,1-5H3,(H,31,34). The summed E-state index contributed by atoms with van der Waals surface area (Å²) in [5.74, 6) is 0.0755. The van der Waals surface area contributed by atoms with Gasteiger partial charge in [-0.1, -0.05) is 77.9 Å². The van der Waals surface area contributed by atoms with Gasteiger partial charge in [0, 0.05) is 23.4 Å². The highest BCUT2D eigenvalue weighted by atomic mass is 32.2.